The van der Waals surface area contributed by atoms with Gasteiger partial charge in [-0.05, 0) is 36.2 Å². The number of urea groups is 1. The van der Waals surface area contributed by atoms with Gasteiger partial charge in [0.05, 0.1) is 15.5 Å². The van der Waals surface area contributed by atoms with E-state index in [0.29, 0.717) is 17.8 Å². The molecule has 0 saturated carbocycles. The average molecular weight is 420 g/mol. The Kier molecular flexibility index (Phi) is 5.31. The summed E-state index contributed by atoms with van der Waals surface area (Å²) in [4.78, 5) is 26.6. The molecule has 0 fully saturated rings. The molecule has 0 aliphatic carbocycles. The highest BCUT2D eigenvalue weighted by molar-refractivity contribution is 7.14. The fourth-order valence-corrected chi connectivity index (χ4v) is 3.97. The molecule has 1 aromatic heterocycles. The van der Waals surface area contributed by atoms with Crippen molar-refractivity contribution in [3.63, 3.8) is 0 Å². The smallest absolute Gasteiger partial charge is 0.320 e. The number of nitrogens with one attached hydrogen (secondary N) is 2. The Morgan fingerprint density at radius 2 is 2.00 bits per heavy atom. The standard InChI is InChI=1S/C16H13ClF3N3O3S/c17-11-2-1-9(6-10(11)16(18,19)20)21-15(25)23-4-3-12-8(7-23)5-13(27-12)14(24)22-26/h1-2,5-6,26H,3-4,7H2,(H,21,25)(H,22,24). The molecule has 0 bridgehead atoms. The maximum Gasteiger partial charge on any atom is 0.417 e. The first-order valence-electron chi connectivity index (χ1n) is 7.67. The van der Waals surface area contributed by atoms with Gasteiger partial charge < -0.3 is 10.2 Å². The lowest BCUT2D eigenvalue weighted by molar-refractivity contribution is -0.137. The van der Waals surface area contributed by atoms with Gasteiger partial charge in [0, 0.05) is 23.7 Å². The van der Waals surface area contributed by atoms with Crippen LogP contribution >= 0.6 is 22.9 Å². The molecule has 6 nitrogen and oxygen atoms in total. The van der Waals surface area contributed by atoms with Gasteiger partial charge >= 0.3 is 12.2 Å². The molecule has 3 amide bonds. The molecule has 11 heteroatoms. The highest BCUT2D eigenvalue weighted by Gasteiger charge is 2.33. The first-order chi connectivity index (χ1) is 12.7. The van der Waals surface area contributed by atoms with Crippen LogP contribution in [0.4, 0.5) is 23.7 Å². The Bertz CT molecular complexity index is 901. The Balaban J connectivity index is 1.73. The predicted molar refractivity (Wildman–Crippen MR) is 93.2 cm³/mol. The van der Waals surface area contributed by atoms with Crippen molar-refractivity contribution in [3.8, 4) is 0 Å². The minimum atomic E-state index is -4.63. The van der Waals surface area contributed by atoms with Crippen molar-refractivity contribution in [1.82, 2.24) is 10.4 Å². The number of hydroxylamine groups is 1. The maximum absolute atomic E-state index is 12.9. The molecule has 1 aliphatic heterocycles. The van der Waals surface area contributed by atoms with Gasteiger partial charge in [0.2, 0.25) is 0 Å². The van der Waals surface area contributed by atoms with Crippen molar-refractivity contribution in [2.24, 2.45) is 0 Å². The maximum atomic E-state index is 12.9. The monoisotopic (exact) mass is 419 g/mol. The van der Waals surface area contributed by atoms with Crippen LogP contribution in [0.5, 0.6) is 0 Å². The molecule has 0 radical (unpaired) electrons. The largest absolute Gasteiger partial charge is 0.417 e. The summed E-state index contributed by atoms with van der Waals surface area (Å²) in [5, 5.41) is 10.7. The number of nitrogens with zero attached hydrogens (tertiary/aromatic N) is 1. The molecule has 2 heterocycles. The minimum absolute atomic E-state index is 0.0202. The normalized spacial score (nSPS) is 13.9. The summed E-state index contributed by atoms with van der Waals surface area (Å²) in [6, 6.07) is 4.17. The van der Waals surface area contributed by atoms with Gasteiger partial charge in [-0.25, -0.2) is 10.3 Å². The van der Waals surface area contributed by atoms with Crippen LogP contribution < -0.4 is 10.8 Å². The van der Waals surface area contributed by atoms with Gasteiger partial charge in [-0.1, -0.05) is 11.6 Å². The van der Waals surface area contributed by atoms with Crippen LogP contribution in [0.2, 0.25) is 5.02 Å². The van der Waals surface area contributed by atoms with Gasteiger partial charge in [0.15, 0.2) is 0 Å². The molecule has 144 valence electrons. The zero-order valence-electron chi connectivity index (χ0n) is 13.6. The first kappa shape index (κ1) is 19.5. The highest BCUT2D eigenvalue weighted by atomic mass is 35.5. The van der Waals surface area contributed by atoms with E-state index in [4.69, 9.17) is 16.8 Å². The first-order valence-corrected chi connectivity index (χ1v) is 8.87. The molecule has 0 saturated heterocycles. The summed E-state index contributed by atoms with van der Waals surface area (Å²) in [5.41, 5.74) is 1.26. The quantitative estimate of drug-likeness (QED) is 0.505. The van der Waals surface area contributed by atoms with E-state index in [1.165, 1.54) is 22.3 Å². The Morgan fingerprint density at radius 3 is 2.67 bits per heavy atom. The fraction of sp³-hybridized carbons (Fsp3) is 0.250. The number of benzene rings is 1. The third-order valence-corrected chi connectivity index (χ3v) is 5.57. The summed E-state index contributed by atoms with van der Waals surface area (Å²) in [7, 11) is 0. The van der Waals surface area contributed by atoms with Crippen LogP contribution in [0.15, 0.2) is 24.3 Å². The van der Waals surface area contributed by atoms with E-state index in [-0.39, 0.29) is 12.2 Å². The van der Waals surface area contributed by atoms with Crippen molar-refractivity contribution < 1.29 is 28.0 Å². The Labute approximate surface area is 160 Å². The van der Waals surface area contributed by atoms with E-state index in [0.717, 1.165) is 22.6 Å². The average Bonchev–Trinajstić information content (AvgIpc) is 3.04. The predicted octanol–water partition coefficient (Wildman–Crippen LogP) is 4.13. The topological polar surface area (TPSA) is 81.7 Å². The van der Waals surface area contributed by atoms with Crippen molar-refractivity contribution in [1.29, 1.82) is 0 Å². The third kappa shape index (κ3) is 4.18. The van der Waals surface area contributed by atoms with Crippen molar-refractivity contribution >= 4 is 40.6 Å². The zero-order valence-corrected chi connectivity index (χ0v) is 15.1. The summed E-state index contributed by atoms with van der Waals surface area (Å²) >= 11 is 6.79. The fourth-order valence-electron chi connectivity index (χ4n) is 2.70. The van der Waals surface area contributed by atoms with Gasteiger partial charge in [-0.3, -0.25) is 10.0 Å². The summed E-state index contributed by atoms with van der Waals surface area (Å²) in [6.45, 7) is 0.551. The molecule has 1 aliphatic rings. The highest BCUT2D eigenvalue weighted by Crippen LogP contribution is 2.36. The van der Waals surface area contributed by atoms with Crippen LogP contribution in [0, 0.1) is 0 Å². The van der Waals surface area contributed by atoms with E-state index in [2.05, 4.69) is 5.32 Å². The van der Waals surface area contributed by atoms with E-state index < -0.39 is 28.7 Å². The van der Waals surface area contributed by atoms with Crippen molar-refractivity contribution in [2.75, 3.05) is 11.9 Å². The van der Waals surface area contributed by atoms with E-state index in [9.17, 15) is 22.8 Å². The summed E-state index contributed by atoms with van der Waals surface area (Å²) < 4.78 is 38.8. The summed E-state index contributed by atoms with van der Waals surface area (Å²) in [5.74, 6) is -0.633. The second-order valence-electron chi connectivity index (χ2n) is 5.79. The molecule has 0 atom stereocenters. The number of halogens is 4. The molecule has 1 aromatic carbocycles. The molecule has 0 spiro atoms. The number of carbonyl (C=O) groups excluding carboxylic acids is 2. The van der Waals surface area contributed by atoms with Crippen LogP contribution in [0.1, 0.15) is 25.7 Å². The molecule has 3 rings (SSSR count). The lowest BCUT2D eigenvalue weighted by atomic mass is 10.1. The number of hydrogen-bond acceptors (Lipinski definition) is 4. The Hall–Kier alpha value is -2.30. The molecule has 3 N–H and O–H groups in total. The number of hydrogen-bond donors (Lipinski definition) is 3. The summed E-state index contributed by atoms with van der Waals surface area (Å²) in [6.07, 6.45) is -4.13. The van der Waals surface area contributed by atoms with Crippen molar-refractivity contribution in [3.05, 3.63) is 50.2 Å². The van der Waals surface area contributed by atoms with E-state index in [1.807, 2.05) is 0 Å². The molecular weight excluding hydrogens is 407 g/mol. The number of thiophene rings is 1. The number of amides is 3. The lowest BCUT2D eigenvalue weighted by Crippen LogP contribution is -2.38. The number of carbonyl (C=O) groups is 2. The molecule has 27 heavy (non-hydrogen) atoms. The minimum Gasteiger partial charge on any atom is -0.320 e. The van der Waals surface area contributed by atoms with Gasteiger partial charge in [0.1, 0.15) is 0 Å². The van der Waals surface area contributed by atoms with Crippen LogP contribution in [0.25, 0.3) is 0 Å². The molecular formula is C16H13ClF3N3O3S. The lowest BCUT2D eigenvalue weighted by Gasteiger charge is -2.27. The van der Waals surface area contributed by atoms with Crippen LogP contribution in [-0.4, -0.2) is 28.6 Å². The zero-order chi connectivity index (χ0) is 19.8. The van der Waals surface area contributed by atoms with Crippen molar-refractivity contribution in [2.45, 2.75) is 19.1 Å². The van der Waals surface area contributed by atoms with E-state index >= 15 is 0 Å². The number of fused-ring (bicyclic) bond motifs is 1. The Morgan fingerprint density at radius 1 is 1.26 bits per heavy atom. The second-order valence-corrected chi connectivity index (χ2v) is 7.34. The third-order valence-electron chi connectivity index (χ3n) is 4.00. The number of alkyl halides is 3. The van der Waals surface area contributed by atoms with Crippen LogP contribution in [0.3, 0.4) is 0 Å². The van der Waals surface area contributed by atoms with Gasteiger partial charge in [0.25, 0.3) is 5.91 Å². The van der Waals surface area contributed by atoms with Gasteiger partial charge in [-0.2, -0.15) is 13.2 Å². The van der Waals surface area contributed by atoms with Crippen LogP contribution in [-0.2, 0) is 19.1 Å². The number of anilines is 1. The van der Waals surface area contributed by atoms with Gasteiger partial charge in [-0.15, -0.1) is 11.3 Å². The number of rotatable bonds is 2. The van der Waals surface area contributed by atoms with E-state index in [1.54, 1.807) is 11.5 Å². The second kappa shape index (κ2) is 7.37. The SMILES string of the molecule is O=C(NO)c1cc2c(s1)CCN(C(=O)Nc1ccc(Cl)c(C(F)(F)F)c1)C2. The molecule has 2 aromatic rings. The molecule has 0 unspecified atom stereocenters.